The monoisotopic (exact) mass is 318 g/mol. The van der Waals surface area contributed by atoms with Crippen molar-refractivity contribution in [2.75, 3.05) is 6.61 Å². The topological polar surface area (TPSA) is 196 Å². The summed E-state index contributed by atoms with van der Waals surface area (Å²) in [5, 5.41) is 54.4. The molecule has 5 rings (SSSR count). The fourth-order valence-corrected chi connectivity index (χ4v) is 4.31. The molecule has 10 N–H and O–H groups in total. The molecule has 0 aromatic rings. The lowest BCUT2D eigenvalue weighted by molar-refractivity contribution is -0.546. The van der Waals surface area contributed by atoms with E-state index < -0.39 is 60.2 Å². The highest BCUT2D eigenvalue weighted by Gasteiger charge is 2.82. The third kappa shape index (κ3) is 1.28. The van der Waals surface area contributed by atoms with Crippen molar-refractivity contribution < 1.29 is 35.0 Å². The second-order valence-electron chi connectivity index (χ2n) is 6.29. The number of aliphatic hydroxyl groups excluding tert-OH is 3. The van der Waals surface area contributed by atoms with Crippen LogP contribution in [0.15, 0.2) is 4.99 Å². The maximum atomic E-state index is 10.7. The van der Waals surface area contributed by atoms with Crippen molar-refractivity contribution in [3.63, 3.8) is 0 Å². The highest BCUT2D eigenvalue weighted by atomic mass is 16.9. The highest BCUT2D eigenvalue weighted by Crippen LogP contribution is 2.58. The summed E-state index contributed by atoms with van der Waals surface area (Å²) in [5.74, 6) is -3.54. The van der Waals surface area contributed by atoms with Crippen molar-refractivity contribution in [3.05, 3.63) is 0 Å². The Morgan fingerprint density at radius 1 is 1.23 bits per heavy atom. The third-order valence-corrected chi connectivity index (χ3v) is 5.28. The zero-order valence-corrected chi connectivity index (χ0v) is 11.3. The number of ether oxygens (including phenoxy) is 2. The number of hydrogen-bond donors (Lipinski definition) is 8. The number of nitrogens with two attached hydrogens (primary N) is 2. The zero-order valence-electron chi connectivity index (χ0n) is 11.3. The molecule has 22 heavy (non-hydrogen) atoms. The van der Waals surface area contributed by atoms with Crippen LogP contribution in [-0.2, 0) is 9.47 Å². The molecule has 1 spiro atoms. The second-order valence-corrected chi connectivity index (χ2v) is 6.29. The minimum absolute atomic E-state index is 0.125. The van der Waals surface area contributed by atoms with Crippen LogP contribution in [0.3, 0.4) is 0 Å². The molecule has 0 radical (unpaired) electrons. The molecule has 4 bridgehead atoms. The van der Waals surface area contributed by atoms with Crippen molar-refractivity contribution in [3.8, 4) is 0 Å². The predicted octanol–water partition coefficient (Wildman–Crippen LogP) is -5.55. The van der Waals surface area contributed by atoms with E-state index in [2.05, 4.69) is 10.3 Å². The van der Waals surface area contributed by atoms with Gasteiger partial charge in [0.2, 0.25) is 0 Å². The Kier molecular flexibility index (Phi) is 2.57. The van der Waals surface area contributed by atoms with Crippen LogP contribution < -0.4 is 16.8 Å². The number of aliphatic hydroxyl groups is 5. The fraction of sp³-hybridized carbons (Fsp3) is 0.909. The van der Waals surface area contributed by atoms with Crippen LogP contribution in [-0.4, -0.2) is 85.8 Å². The molecule has 0 aromatic carbocycles. The van der Waals surface area contributed by atoms with Gasteiger partial charge < -0.3 is 51.8 Å². The van der Waals surface area contributed by atoms with Gasteiger partial charge in [0.05, 0.1) is 12.5 Å². The van der Waals surface area contributed by atoms with Crippen LogP contribution >= 0.6 is 0 Å². The van der Waals surface area contributed by atoms with Crippen molar-refractivity contribution in [2.24, 2.45) is 22.4 Å². The number of nitrogens with zero attached hydrogens (tertiary/aromatic N) is 1. The Morgan fingerprint density at radius 3 is 2.50 bits per heavy atom. The van der Waals surface area contributed by atoms with E-state index in [0.29, 0.717) is 0 Å². The van der Waals surface area contributed by atoms with Gasteiger partial charge in [0, 0.05) is 0 Å². The minimum Gasteiger partial charge on any atom is -0.393 e. The summed E-state index contributed by atoms with van der Waals surface area (Å²) in [7, 11) is 0. The summed E-state index contributed by atoms with van der Waals surface area (Å²) in [6.07, 6.45) is -6.93. The van der Waals surface area contributed by atoms with Crippen LogP contribution in [0.5, 0.6) is 0 Å². The molecule has 124 valence electrons. The molecular weight excluding hydrogens is 300 g/mol. The van der Waals surface area contributed by atoms with Gasteiger partial charge in [0.25, 0.3) is 0 Å². The quantitative estimate of drug-likeness (QED) is 0.231. The van der Waals surface area contributed by atoms with Gasteiger partial charge in [-0.1, -0.05) is 0 Å². The van der Waals surface area contributed by atoms with Gasteiger partial charge in [-0.2, -0.15) is 0 Å². The molecular formula is C11H18N4O7. The van der Waals surface area contributed by atoms with Gasteiger partial charge in [-0.25, -0.2) is 4.99 Å². The standard InChI is InChI=1S/C11H18N4O7/c12-6-2-4-9(19,1-16)5-3(17)10(2,15-8(13)14-6)7(18)11(20,21-4)22-5/h2-7,16-20H,1,12H2,(H3,13,14,15)/t2-,3-,4-,5+,6+,7+,9+,10-,11+/m1/s1. The van der Waals surface area contributed by atoms with E-state index >= 15 is 0 Å². The Hall–Kier alpha value is -1.05. The lowest BCUT2D eigenvalue weighted by Crippen LogP contribution is -2.95. The normalized spacial score (nSPS) is 62.4. The second kappa shape index (κ2) is 3.88. The van der Waals surface area contributed by atoms with Crippen LogP contribution in [0.4, 0.5) is 0 Å². The lowest BCUT2D eigenvalue weighted by Gasteiger charge is -2.71. The highest BCUT2D eigenvalue weighted by molar-refractivity contribution is 5.80. The van der Waals surface area contributed by atoms with E-state index in [4.69, 9.17) is 20.9 Å². The van der Waals surface area contributed by atoms with E-state index in [0.717, 1.165) is 0 Å². The van der Waals surface area contributed by atoms with Gasteiger partial charge in [0.1, 0.15) is 35.6 Å². The predicted molar refractivity (Wildman–Crippen MR) is 67.7 cm³/mol. The van der Waals surface area contributed by atoms with Gasteiger partial charge in [-0.15, -0.1) is 0 Å². The number of nitrogens with one attached hydrogen (secondary N) is 1. The lowest BCUT2D eigenvalue weighted by atomic mass is 9.55. The molecule has 0 unspecified atom stereocenters. The Morgan fingerprint density at radius 2 is 1.86 bits per heavy atom. The molecule has 5 aliphatic rings. The summed E-state index contributed by atoms with van der Waals surface area (Å²) in [6, 6.07) is 0. The van der Waals surface area contributed by atoms with Crippen LogP contribution in [0.2, 0.25) is 0 Å². The SMILES string of the molecule is NC1=N[C@H](N)[C@H]2[C@H]3O[C@]4(O)O[C@@H]([C@@H](O)[C@@]2(N1)[C@@H]4O)[C@]3(O)CO. The largest absolute Gasteiger partial charge is 0.393 e. The number of rotatable bonds is 1. The molecule has 11 heteroatoms. The zero-order chi connectivity index (χ0) is 16.1. The van der Waals surface area contributed by atoms with Crippen LogP contribution in [0.25, 0.3) is 0 Å². The third-order valence-electron chi connectivity index (χ3n) is 5.28. The maximum absolute atomic E-state index is 10.7. The molecule has 1 saturated carbocycles. The van der Waals surface area contributed by atoms with E-state index in [1.807, 2.05) is 0 Å². The van der Waals surface area contributed by atoms with E-state index in [-0.39, 0.29) is 5.96 Å². The molecule has 3 saturated heterocycles. The fourth-order valence-electron chi connectivity index (χ4n) is 4.31. The van der Waals surface area contributed by atoms with Crippen molar-refractivity contribution in [2.45, 2.75) is 47.7 Å². The van der Waals surface area contributed by atoms with Crippen molar-refractivity contribution >= 4 is 5.96 Å². The molecule has 0 amide bonds. The molecule has 4 aliphatic heterocycles. The van der Waals surface area contributed by atoms with Gasteiger partial charge in [-0.05, 0) is 0 Å². The minimum atomic E-state index is -2.46. The van der Waals surface area contributed by atoms with Gasteiger partial charge in [-0.3, -0.25) is 0 Å². The summed E-state index contributed by atoms with van der Waals surface area (Å²) in [4.78, 5) is 3.92. The summed E-state index contributed by atoms with van der Waals surface area (Å²) in [6.45, 7) is -0.802. The summed E-state index contributed by atoms with van der Waals surface area (Å²) in [5.41, 5.74) is 7.96. The first kappa shape index (κ1) is 14.5. The number of hydrogen-bond acceptors (Lipinski definition) is 11. The average Bonchev–Trinajstić information content (AvgIpc) is 2.45. The van der Waals surface area contributed by atoms with Crippen LogP contribution in [0.1, 0.15) is 0 Å². The number of guanidine groups is 1. The average molecular weight is 318 g/mol. The Balaban J connectivity index is 1.95. The molecule has 0 aromatic heterocycles. The molecule has 11 nitrogen and oxygen atoms in total. The van der Waals surface area contributed by atoms with E-state index in [1.54, 1.807) is 0 Å². The maximum Gasteiger partial charge on any atom is 0.311 e. The first-order valence-corrected chi connectivity index (χ1v) is 6.85. The van der Waals surface area contributed by atoms with Gasteiger partial charge >= 0.3 is 5.97 Å². The molecule has 4 heterocycles. The van der Waals surface area contributed by atoms with E-state index in [1.165, 1.54) is 0 Å². The van der Waals surface area contributed by atoms with E-state index in [9.17, 15) is 25.5 Å². The summed E-state index contributed by atoms with van der Waals surface area (Å²) < 4.78 is 10.4. The van der Waals surface area contributed by atoms with Crippen LogP contribution in [0, 0.1) is 5.92 Å². The first-order chi connectivity index (χ1) is 10.2. The smallest absolute Gasteiger partial charge is 0.311 e. The van der Waals surface area contributed by atoms with Gasteiger partial charge in [0.15, 0.2) is 12.1 Å². The Labute approximate surface area is 124 Å². The van der Waals surface area contributed by atoms with Crippen molar-refractivity contribution in [1.29, 1.82) is 0 Å². The molecule has 9 atom stereocenters. The first-order valence-electron chi connectivity index (χ1n) is 6.85. The Bertz CT molecular complexity index is 563. The van der Waals surface area contributed by atoms with Crippen molar-refractivity contribution in [1.82, 2.24) is 5.32 Å². The molecule has 4 fully saturated rings. The molecule has 1 aliphatic carbocycles. The summed E-state index contributed by atoms with van der Waals surface area (Å²) >= 11 is 0. The number of aliphatic imine (C=N–C) groups is 1.